The second-order valence-corrected chi connectivity index (χ2v) is 15.5. The lowest BCUT2D eigenvalue weighted by molar-refractivity contribution is -0.180. The van der Waals surface area contributed by atoms with Crippen molar-refractivity contribution in [2.24, 2.45) is 5.73 Å². The van der Waals surface area contributed by atoms with Gasteiger partial charge in [-0.3, -0.25) is 0 Å². The Kier molecular flexibility index (Phi) is 33.5. The first-order valence-electron chi connectivity index (χ1n) is 22.3. The first-order chi connectivity index (χ1) is 25.5. The molecule has 1 saturated heterocycles. The molecule has 0 aliphatic carbocycles. The SMILES string of the molecule is CCCCC/C=C\C/C=C\CCCCCCCCC1(CCCCCCCC/C=C\C/C=C\CCCCC)OCC(CCN(C)CC/C(N)=C/NC)O1. The molecule has 0 radical (unpaired) electrons. The maximum Gasteiger partial charge on any atom is 0.168 e. The molecule has 0 bridgehead atoms. The normalized spacial score (nSPS) is 16.6. The summed E-state index contributed by atoms with van der Waals surface area (Å²) in [5.74, 6) is -0.367. The van der Waals surface area contributed by atoms with Crippen molar-refractivity contribution in [3.05, 3.63) is 60.5 Å². The quantitative estimate of drug-likeness (QED) is 0.0493. The van der Waals surface area contributed by atoms with Crippen LogP contribution in [0.4, 0.5) is 0 Å². The van der Waals surface area contributed by atoms with Crippen molar-refractivity contribution in [2.75, 3.05) is 33.8 Å². The van der Waals surface area contributed by atoms with E-state index in [1.54, 1.807) is 0 Å². The van der Waals surface area contributed by atoms with Gasteiger partial charge in [0.15, 0.2) is 5.79 Å². The number of hydrogen-bond acceptors (Lipinski definition) is 5. The Morgan fingerprint density at radius 3 is 1.54 bits per heavy atom. The second-order valence-electron chi connectivity index (χ2n) is 15.5. The fourth-order valence-corrected chi connectivity index (χ4v) is 6.96. The predicted octanol–water partition coefficient (Wildman–Crippen LogP) is 13.2. The standard InChI is InChI=1S/C47H87N3O2/c1-5-7-9-11-13-15-17-19-21-23-25-27-29-31-33-35-39-47(51-44-46(52-47)38-42-50(4)41-37-45(48)43-49-3)40-36-34-32-30-28-26-24-22-20-18-16-14-12-10-8-6-2/h13-16,19-22,43,46,49H,5-12,17-18,23-42,44,48H2,1-4H3/b15-13-,16-14-,21-19-,22-20-,45-43-. The number of ether oxygens (including phenoxy) is 2. The van der Waals surface area contributed by atoms with Crippen molar-refractivity contribution in [3.63, 3.8) is 0 Å². The highest BCUT2D eigenvalue weighted by molar-refractivity contribution is 4.95. The van der Waals surface area contributed by atoms with E-state index >= 15 is 0 Å². The second kappa shape index (κ2) is 36.2. The first kappa shape index (κ1) is 48.2. The van der Waals surface area contributed by atoms with Gasteiger partial charge in [-0.05, 0) is 90.5 Å². The number of nitrogens with one attached hydrogen (secondary N) is 1. The van der Waals surface area contributed by atoms with Gasteiger partial charge in [0.05, 0.1) is 12.7 Å². The zero-order valence-corrected chi connectivity index (χ0v) is 35.0. The number of nitrogens with zero attached hydrogens (tertiary/aromatic N) is 1. The molecule has 1 atom stereocenters. The number of unbranched alkanes of at least 4 members (excludes halogenated alkanes) is 18. The lowest BCUT2D eigenvalue weighted by Gasteiger charge is -2.29. The van der Waals surface area contributed by atoms with E-state index in [9.17, 15) is 0 Å². The highest BCUT2D eigenvalue weighted by Gasteiger charge is 2.40. The molecule has 1 rings (SSSR count). The van der Waals surface area contributed by atoms with Gasteiger partial charge in [-0.15, -0.1) is 0 Å². The highest BCUT2D eigenvalue weighted by atomic mass is 16.7. The monoisotopic (exact) mass is 726 g/mol. The van der Waals surface area contributed by atoms with Crippen molar-refractivity contribution in [3.8, 4) is 0 Å². The van der Waals surface area contributed by atoms with Gasteiger partial charge >= 0.3 is 0 Å². The van der Waals surface area contributed by atoms with Crippen molar-refractivity contribution in [1.29, 1.82) is 0 Å². The lowest BCUT2D eigenvalue weighted by Crippen LogP contribution is -2.32. The Balaban J connectivity index is 2.32. The molecule has 5 heteroatoms. The maximum absolute atomic E-state index is 6.79. The Morgan fingerprint density at radius 2 is 1.08 bits per heavy atom. The molecule has 3 N–H and O–H groups in total. The Bertz CT molecular complexity index is 876. The zero-order chi connectivity index (χ0) is 37.6. The van der Waals surface area contributed by atoms with Crippen molar-refractivity contribution in [1.82, 2.24) is 10.2 Å². The summed E-state index contributed by atoms with van der Waals surface area (Å²) in [6, 6.07) is 0. The van der Waals surface area contributed by atoms with Gasteiger partial charge in [0.2, 0.25) is 0 Å². The summed E-state index contributed by atoms with van der Waals surface area (Å²) in [5.41, 5.74) is 6.97. The molecule has 1 aliphatic rings. The molecule has 1 unspecified atom stereocenters. The number of hydrogen-bond donors (Lipinski definition) is 2. The Labute approximate surface area is 324 Å². The molecule has 52 heavy (non-hydrogen) atoms. The van der Waals surface area contributed by atoms with Crippen LogP contribution < -0.4 is 11.1 Å². The van der Waals surface area contributed by atoms with Crippen LogP contribution in [-0.2, 0) is 9.47 Å². The number of nitrogens with two attached hydrogens (primary N) is 1. The summed E-state index contributed by atoms with van der Waals surface area (Å²) >= 11 is 0. The average molecular weight is 726 g/mol. The molecule has 0 saturated carbocycles. The first-order valence-corrected chi connectivity index (χ1v) is 22.3. The van der Waals surface area contributed by atoms with Gasteiger partial charge in [0.1, 0.15) is 0 Å². The summed E-state index contributed by atoms with van der Waals surface area (Å²) in [7, 11) is 4.08. The third-order valence-corrected chi connectivity index (χ3v) is 10.4. The minimum atomic E-state index is -0.367. The lowest BCUT2D eigenvalue weighted by atomic mass is 9.98. The van der Waals surface area contributed by atoms with Gasteiger partial charge < -0.3 is 25.4 Å². The smallest absolute Gasteiger partial charge is 0.168 e. The fraction of sp³-hybridized carbons (Fsp3) is 0.787. The average Bonchev–Trinajstić information content (AvgIpc) is 3.55. The summed E-state index contributed by atoms with van der Waals surface area (Å²) in [4.78, 5) is 2.37. The van der Waals surface area contributed by atoms with Crippen LogP contribution >= 0.6 is 0 Å². The summed E-state index contributed by atoms with van der Waals surface area (Å²) < 4.78 is 13.4. The van der Waals surface area contributed by atoms with E-state index in [-0.39, 0.29) is 11.9 Å². The molecule has 1 fully saturated rings. The van der Waals surface area contributed by atoms with Gasteiger partial charge in [-0.2, -0.15) is 0 Å². The molecule has 1 heterocycles. The van der Waals surface area contributed by atoms with E-state index in [2.05, 4.69) is 79.7 Å². The largest absolute Gasteiger partial charge is 0.401 e. The van der Waals surface area contributed by atoms with Crippen molar-refractivity contribution >= 4 is 0 Å². The highest BCUT2D eigenvalue weighted by Crippen LogP contribution is 2.35. The molecule has 0 aromatic carbocycles. The molecular formula is C47H87N3O2. The van der Waals surface area contributed by atoms with E-state index in [0.29, 0.717) is 0 Å². The number of allylic oxidation sites excluding steroid dienone is 8. The fourth-order valence-electron chi connectivity index (χ4n) is 6.96. The summed E-state index contributed by atoms with van der Waals surface area (Å²) in [5, 5.41) is 3.02. The molecule has 0 spiro atoms. The van der Waals surface area contributed by atoms with Crippen molar-refractivity contribution in [2.45, 2.75) is 206 Å². The van der Waals surface area contributed by atoms with Gasteiger partial charge in [-0.1, -0.05) is 140 Å². The van der Waals surface area contributed by atoms with Gasteiger partial charge in [0, 0.05) is 51.3 Å². The Morgan fingerprint density at radius 1 is 0.635 bits per heavy atom. The Hall–Kier alpha value is -1.82. The molecule has 1 aliphatic heterocycles. The molecule has 0 amide bonds. The molecule has 302 valence electrons. The van der Waals surface area contributed by atoms with E-state index in [0.717, 1.165) is 63.9 Å². The van der Waals surface area contributed by atoms with Gasteiger partial charge in [-0.25, -0.2) is 0 Å². The third kappa shape index (κ3) is 29.6. The van der Waals surface area contributed by atoms with E-state index in [1.165, 1.54) is 141 Å². The minimum absolute atomic E-state index is 0.196. The number of rotatable bonds is 37. The summed E-state index contributed by atoms with van der Waals surface area (Å²) in [6.45, 7) is 7.24. The van der Waals surface area contributed by atoms with Crippen LogP contribution in [0.1, 0.15) is 194 Å². The predicted molar refractivity (Wildman–Crippen MR) is 230 cm³/mol. The zero-order valence-electron chi connectivity index (χ0n) is 35.0. The van der Waals surface area contributed by atoms with Crippen LogP contribution in [0, 0.1) is 0 Å². The van der Waals surface area contributed by atoms with Crippen LogP contribution in [0.5, 0.6) is 0 Å². The van der Waals surface area contributed by atoms with Crippen LogP contribution in [-0.4, -0.2) is 50.6 Å². The maximum atomic E-state index is 6.79. The van der Waals surface area contributed by atoms with Crippen LogP contribution in [0.25, 0.3) is 0 Å². The van der Waals surface area contributed by atoms with E-state index < -0.39 is 0 Å². The van der Waals surface area contributed by atoms with E-state index in [4.69, 9.17) is 15.2 Å². The summed E-state index contributed by atoms with van der Waals surface area (Å²) in [6.07, 6.45) is 55.6. The molecular weight excluding hydrogens is 639 g/mol. The molecule has 0 aromatic heterocycles. The topological polar surface area (TPSA) is 59.8 Å². The third-order valence-electron chi connectivity index (χ3n) is 10.4. The minimum Gasteiger partial charge on any atom is -0.401 e. The van der Waals surface area contributed by atoms with E-state index in [1.807, 2.05) is 13.2 Å². The molecule has 5 nitrogen and oxygen atoms in total. The van der Waals surface area contributed by atoms with Gasteiger partial charge in [0.25, 0.3) is 0 Å². The molecule has 0 aromatic rings. The van der Waals surface area contributed by atoms with Crippen LogP contribution in [0.2, 0.25) is 0 Å². The van der Waals surface area contributed by atoms with Crippen LogP contribution in [0.3, 0.4) is 0 Å². The van der Waals surface area contributed by atoms with Crippen LogP contribution in [0.15, 0.2) is 60.5 Å². The van der Waals surface area contributed by atoms with Crippen molar-refractivity contribution < 1.29 is 9.47 Å².